The highest BCUT2D eigenvalue weighted by Crippen LogP contribution is 2.31. The Labute approximate surface area is 117 Å². The molecule has 1 unspecified atom stereocenters. The van der Waals surface area contributed by atoms with Gasteiger partial charge in [0.15, 0.2) is 0 Å². The van der Waals surface area contributed by atoms with Crippen LogP contribution in [0.2, 0.25) is 0 Å². The van der Waals surface area contributed by atoms with Crippen molar-refractivity contribution >= 4 is 21.6 Å². The monoisotopic (exact) mass is 314 g/mol. The molecule has 2 rings (SSSR count). The van der Waals surface area contributed by atoms with Gasteiger partial charge in [-0.3, -0.25) is 0 Å². The van der Waals surface area contributed by atoms with E-state index in [0.29, 0.717) is 11.4 Å². The lowest BCUT2D eigenvalue weighted by Gasteiger charge is -2.30. The van der Waals surface area contributed by atoms with Crippen LogP contribution < -0.4 is 4.90 Å². The summed E-state index contributed by atoms with van der Waals surface area (Å²) in [4.78, 5) is 4.57. The summed E-state index contributed by atoms with van der Waals surface area (Å²) < 4.78 is 13.8. The zero-order valence-corrected chi connectivity index (χ0v) is 12.6. The van der Waals surface area contributed by atoms with Crippen LogP contribution in [-0.2, 0) is 5.33 Å². The van der Waals surface area contributed by atoms with Crippen LogP contribution >= 0.6 is 15.9 Å². The minimum absolute atomic E-state index is 0.111. The Balaban J connectivity index is 2.27. The third-order valence-electron chi connectivity index (χ3n) is 3.49. The summed E-state index contributed by atoms with van der Waals surface area (Å²) in [6.45, 7) is 2.06. The largest absolute Gasteiger partial charge is 0.367 e. The van der Waals surface area contributed by atoms with Crippen LogP contribution in [0.15, 0.2) is 18.2 Å². The van der Waals surface area contributed by atoms with Gasteiger partial charge in [0.2, 0.25) is 0 Å². The molecule has 0 spiro atoms. The summed E-state index contributed by atoms with van der Waals surface area (Å²) in [5.74, 6) is -0.111. The molecule has 1 aliphatic rings. The molecule has 100 valence electrons. The van der Waals surface area contributed by atoms with E-state index in [9.17, 15) is 4.39 Å². The molecular formula is C14H20BrFN2. The first-order valence-electron chi connectivity index (χ1n) is 6.38. The fourth-order valence-electron chi connectivity index (χ4n) is 2.71. The van der Waals surface area contributed by atoms with Crippen molar-refractivity contribution in [2.24, 2.45) is 0 Å². The maximum atomic E-state index is 13.8. The molecule has 0 saturated carbocycles. The van der Waals surface area contributed by atoms with Gasteiger partial charge < -0.3 is 9.80 Å². The van der Waals surface area contributed by atoms with Crippen LogP contribution in [0.25, 0.3) is 0 Å². The summed E-state index contributed by atoms with van der Waals surface area (Å²) in [5, 5.41) is 0.570. The Morgan fingerprint density at radius 1 is 1.44 bits per heavy atom. The normalized spacial score (nSPS) is 19.8. The molecule has 1 fully saturated rings. The Hall–Kier alpha value is -0.610. The van der Waals surface area contributed by atoms with Crippen LogP contribution in [0.5, 0.6) is 0 Å². The van der Waals surface area contributed by atoms with Gasteiger partial charge in [0.25, 0.3) is 0 Å². The van der Waals surface area contributed by atoms with E-state index in [2.05, 4.69) is 39.8 Å². The summed E-state index contributed by atoms with van der Waals surface area (Å²) in [7, 11) is 4.18. The van der Waals surface area contributed by atoms with Crippen molar-refractivity contribution in [1.29, 1.82) is 0 Å². The molecule has 0 aromatic heterocycles. The maximum absolute atomic E-state index is 13.8. The van der Waals surface area contributed by atoms with Gasteiger partial charge in [-0.25, -0.2) is 4.39 Å². The summed E-state index contributed by atoms with van der Waals surface area (Å²) >= 11 is 3.40. The standard InChI is InChI=1S/C14H20BrFN2/c1-17(2)10-11-5-4-8-18(11)14-7-3-6-13(16)12(14)9-15/h3,6-7,11H,4-5,8-10H2,1-2H3. The van der Waals surface area contributed by atoms with Crippen LogP contribution in [0.4, 0.5) is 10.1 Å². The van der Waals surface area contributed by atoms with Crippen LogP contribution in [0.3, 0.4) is 0 Å². The number of nitrogens with zero attached hydrogens (tertiary/aromatic N) is 2. The minimum Gasteiger partial charge on any atom is -0.367 e. The zero-order chi connectivity index (χ0) is 13.1. The highest BCUT2D eigenvalue weighted by molar-refractivity contribution is 9.08. The summed E-state index contributed by atoms with van der Waals surface area (Å²) in [6.07, 6.45) is 2.38. The lowest BCUT2D eigenvalue weighted by molar-refractivity contribution is 0.372. The van der Waals surface area contributed by atoms with Crippen molar-refractivity contribution < 1.29 is 4.39 Å². The molecule has 0 aliphatic carbocycles. The molecule has 4 heteroatoms. The number of anilines is 1. The van der Waals surface area contributed by atoms with Gasteiger partial charge in [-0.1, -0.05) is 22.0 Å². The lowest BCUT2D eigenvalue weighted by atomic mass is 10.1. The molecule has 0 bridgehead atoms. The number of rotatable bonds is 4. The SMILES string of the molecule is CN(C)CC1CCCN1c1cccc(F)c1CBr. The molecule has 1 saturated heterocycles. The van der Waals surface area contributed by atoms with Gasteiger partial charge in [-0.05, 0) is 39.1 Å². The Morgan fingerprint density at radius 2 is 2.22 bits per heavy atom. The van der Waals surface area contributed by atoms with E-state index in [0.717, 1.165) is 24.3 Å². The predicted molar refractivity (Wildman–Crippen MR) is 78.0 cm³/mol. The van der Waals surface area contributed by atoms with E-state index in [1.165, 1.54) is 18.9 Å². The number of hydrogen-bond acceptors (Lipinski definition) is 2. The molecule has 1 aromatic rings. The molecule has 0 amide bonds. The average molecular weight is 315 g/mol. The summed E-state index contributed by atoms with van der Waals surface area (Å²) in [5.41, 5.74) is 1.83. The van der Waals surface area contributed by atoms with E-state index in [1.54, 1.807) is 0 Å². The van der Waals surface area contributed by atoms with Gasteiger partial charge in [-0.15, -0.1) is 0 Å². The third-order valence-corrected chi connectivity index (χ3v) is 4.05. The predicted octanol–water partition coefficient (Wildman–Crippen LogP) is 3.25. The molecule has 2 nitrogen and oxygen atoms in total. The zero-order valence-electron chi connectivity index (χ0n) is 11.0. The Kier molecular flexibility index (Phi) is 4.62. The van der Waals surface area contributed by atoms with E-state index in [4.69, 9.17) is 0 Å². The van der Waals surface area contributed by atoms with Crippen molar-refractivity contribution in [1.82, 2.24) is 4.90 Å². The fourth-order valence-corrected chi connectivity index (χ4v) is 3.27. The molecule has 1 aliphatic heterocycles. The fraction of sp³-hybridized carbons (Fsp3) is 0.571. The second kappa shape index (κ2) is 6.02. The molecule has 18 heavy (non-hydrogen) atoms. The molecule has 0 radical (unpaired) electrons. The topological polar surface area (TPSA) is 6.48 Å². The quantitative estimate of drug-likeness (QED) is 0.787. The number of benzene rings is 1. The minimum atomic E-state index is -0.111. The van der Waals surface area contributed by atoms with Crippen molar-refractivity contribution in [2.75, 3.05) is 32.1 Å². The van der Waals surface area contributed by atoms with E-state index >= 15 is 0 Å². The first-order chi connectivity index (χ1) is 8.63. The van der Waals surface area contributed by atoms with Gasteiger partial charge in [-0.2, -0.15) is 0 Å². The number of halogens is 2. The smallest absolute Gasteiger partial charge is 0.129 e. The van der Waals surface area contributed by atoms with Gasteiger partial charge in [0.1, 0.15) is 5.82 Å². The van der Waals surface area contributed by atoms with Crippen molar-refractivity contribution in [3.05, 3.63) is 29.6 Å². The highest BCUT2D eigenvalue weighted by atomic mass is 79.9. The first-order valence-corrected chi connectivity index (χ1v) is 7.50. The van der Waals surface area contributed by atoms with E-state index in [-0.39, 0.29) is 5.82 Å². The maximum Gasteiger partial charge on any atom is 0.129 e. The van der Waals surface area contributed by atoms with Crippen LogP contribution in [0, 0.1) is 5.82 Å². The molecule has 1 atom stereocenters. The molecule has 0 N–H and O–H groups in total. The Morgan fingerprint density at radius 3 is 2.89 bits per heavy atom. The number of likely N-dealkylation sites (N-methyl/N-ethyl adjacent to an activating group) is 1. The lowest BCUT2D eigenvalue weighted by Crippen LogP contribution is -2.38. The number of alkyl halides is 1. The molecule has 1 aromatic carbocycles. The first kappa shape index (κ1) is 13.8. The van der Waals surface area contributed by atoms with Crippen LogP contribution in [-0.4, -0.2) is 38.1 Å². The van der Waals surface area contributed by atoms with E-state index in [1.807, 2.05) is 12.1 Å². The van der Waals surface area contributed by atoms with Crippen LogP contribution in [0.1, 0.15) is 18.4 Å². The van der Waals surface area contributed by atoms with E-state index < -0.39 is 0 Å². The Bertz CT molecular complexity index is 409. The van der Waals surface area contributed by atoms with Gasteiger partial charge in [0.05, 0.1) is 0 Å². The average Bonchev–Trinajstić information content (AvgIpc) is 2.75. The summed E-state index contributed by atoms with van der Waals surface area (Å²) in [6, 6.07) is 5.88. The van der Waals surface area contributed by atoms with Crippen molar-refractivity contribution in [3.8, 4) is 0 Å². The molecule has 1 heterocycles. The number of hydrogen-bond donors (Lipinski definition) is 0. The highest BCUT2D eigenvalue weighted by Gasteiger charge is 2.27. The van der Waals surface area contributed by atoms with Gasteiger partial charge in [0, 0.05) is 35.7 Å². The second-order valence-electron chi connectivity index (χ2n) is 5.12. The second-order valence-corrected chi connectivity index (χ2v) is 5.68. The molecular weight excluding hydrogens is 295 g/mol. The van der Waals surface area contributed by atoms with Gasteiger partial charge >= 0.3 is 0 Å². The third kappa shape index (κ3) is 2.86. The van der Waals surface area contributed by atoms with Crippen molar-refractivity contribution in [2.45, 2.75) is 24.2 Å². The van der Waals surface area contributed by atoms with Crippen molar-refractivity contribution in [3.63, 3.8) is 0 Å².